The van der Waals surface area contributed by atoms with E-state index in [9.17, 15) is 23.9 Å². The predicted molar refractivity (Wildman–Crippen MR) is 132 cm³/mol. The Morgan fingerprint density at radius 2 is 2.11 bits per heavy atom. The molecule has 192 valence electrons. The molecule has 2 aliphatic heterocycles. The summed E-state index contributed by atoms with van der Waals surface area (Å²) in [5.41, 5.74) is 8.01. The van der Waals surface area contributed by atoms with Crippen molar-refractivity contribution in [1.82, 2.24) is 14.9 Å². The fraction of sp³-hybridized carbons (Fsp3) is 0.407. The Labute approximate surface area is 211 Å². The van der Waals surface area contributed by atoms with Crippen molar-refractivity contribution in [3.63, 3.8) is 0 Å². The Morgan fingerprint density at radius 1 is 1.32 bits per heavy atom. The molecule has 6 rings (SSSR count). The summed E-state index contributed by atoms with van der Waals surface area (Å²) in [6, 6.07) is 2.66. The van der Waals surface area contributed by atoms with Gasteiger partial charge < -0.3 is 25.5 Å². The van der Waals surface area contributed by atoms with Crippen molar-refractivity contribution in [1.29, 1.82) is 0 Å². The van der Waals surface area contributed by atoms with Crippen LogP contribution in [0, 0.1) is 12.7 Å². The molecule has 0 radical (unpaired) electrons. The highest BCUT2D eigenvalue weighted by Gasteiger charge is 2.43. The fourth-order valence-corrected chi connectivity index (χ4v) is 5.98. The van der Waals surface area contributed by atoms with Gasteiger partial charge in [0.1, 0.15) is 12.4 Å². The Morgan fingerprint density at radius 3 is 2.86 bits per heavy atom. The molecular formula is C27H27FN4O5. The molecule has 2 aromatic heterocycles. The number of esters is 1. The smallest absolute Gasteiger partial charge is 0.342 e. The molecule has 0 spiro atoms. The monoisotopic (exact) mass is 506 g/mol. The Hall–Kier alpha value is -3.63. The predicted octanol–water partition coefficient (Wildman–Crippen LogP) is 1.98. The summed E-state index contributed by atoms with van der Waals surface area (Å²) < 4.78 is 21.5. The standard InChI is InChI=1S/C27H27FN4O5/c1-12-13-5-6-18(30-21(33)4-3-7-29)23-14-10-32-20(24(14)31-19(22(13)23)9-17(12)28)8-16-15(25(32)34)11-37-26(35)27(16,2)36/h8-9,18,36H,3-7,10-11,29H2,1-2H3,(H,30,33)/t18-,27-/m0/s1. The molecule has 0 bridgehead atoms. The Balaban J connectivity index is 1.60. The van der Waals surface area contributed by atoms with Gasteiger partial charge in [0.25, 0.3) is 5.56 Å². The molecule has 1 aromatic carbocycles. The van der Waals surface area contributed by atoms with Crippen LogP contribution in [0.5, 0.6) is 0 Å². The van der Waals surface area contributed by atoms with Gasteiger partial charge in [-0.3, -0.25) is 9.59 Å². The second kappa shape index (κ2) is 8.19. The number of pyridine rings is 2. The van der Waals surface area contributed by atoms with Gasteiger partial charge in [-0.2, -0.15) is 0 Å². The number of fused-ring (bicyclic) bond motifs is 5. The van der Waals surface area contributed by atoms with Crippen LogP contribution in [0.3, 0.4) is 0 Å². The molecule has 1 amide bonds. The van der Waals surface area contributed by atoms with E-state index in [2.05, 4.69) is 5.32 Å². The number of hydrogen-bond acceptors (Lipinski definition) is 7. The van der Waals surface area contributed by atoms with Crippen molar-refractivity contribution >= 4 is 22.8 Å². The van der Waals surface area contributed by atoms with E-state index in [1.165, 1.54) is 13.0 Å². The van der Waals surface area contributed by atoms with Gasteiger partial charge in [0.2, 0.25) is 5.91 Å². The fourth-order valence-electron chi connectivity index (χ4n) is 5.98. The maximum Gasteiger partial charge on any atom is 0.342 e. The Bertz CT molecular complexity index is 1590. The van der Waals surface area contributed by atoms with Crippen LogP contribution in [0.1, 0.15) is 65.6 Å². The molecule has 3 aromatic rings. The number of carbonyl (C=O) groups excluding carboxylic acids is 2. The number of aryl methyl sites for hydroxylation is 1. The number of ether oxygens (including phenoxy) is 1. The number of amides is 1. The molecule has 3 aliphatic rings. The number of aromatic nitrogens is 2. The second-order valence-corrected chi connectivity index (χ2v) is 10.2. The number of nitrogens with two attached hydrogens (primary N) is 1. The number of aliphatic hydroxyl groups is 1. The zero-order valence-electron chi connectivity index (χ0n) is 20.6. The van der Waals surface area contributed by atoms with Crippen molar-refractivity contribution in [2.75, 3.05) is 6.54 Å². The highest BCUT2D eigenvalue weighted by molar-refractivity contribution is 5.94. The highest BCUT2D eigenvalue weighted by atomic mass is 19.1. The van der Waals surface area contributed by atoms with E-state index in [0.717, 1.165) is 22.1 Å². The van der Waals surface area contributed by atoms with Gasteiger partial charge >= 0.3 is 5.97 Å². The SMILES string of the molecule is Cc1c(F)cc2nc3c(c4c2c1CC[C@@H]4NC(=O)CCCN)Cn1c-3cc2c(c1=O)COC(=O)[C@@]2(C)O. The molecule has 10 heteroatoms. The lowest BCUT2D eigenvalue weighted by atomic mass is 9.81. The first-order valence-corrected chi connectivity index (χ1v) is 12.4. The molecule has 1 aliphatic carbocycles. The third-order valence-electron chi connectivity index (χ3n) is 7.95. The minimum absolute atomic E-state index is 0.119. The van der Waals surface area contributed by atoms with Crippen LogP contribution in [-0.2, 0) is 39.5 Å². The van der Waals surface area contributed by atoms with Crippen LogP contribution in [0.15, 0.2) is 16.9 Å². The van der Waals surface area contributed by atoms with Crippen molar-refractivity contribution in [3.05, 3.63) is 61.7 Å². The highest BCUT2D eigenvalue weighted by Crippen LogP contribution is 2.45. The number of cyclic esters (lactones) is 1. The first-order chi connectivity index (χ1) is 17.6. The quantitative estimate of drug-likeness (QED) is 0.360. The average molecular weight is 507 g/mol. The molecule has 0 fully saturated rings. The van der Waals surface area contributed by atoms with Gasteiger partial charge in [0.15, 0.2) is 5.60 Å². The minimum Gasteiger partial charge on any atom is -0.458 e. The topological polar surface area (TPSA) is 137 Å². The minimum atomic E-state index is -1.98. The van der Waals surface area contributed by atoms with E-state index in [-0.39, 0.29) is 47.6 Å². The third-order valence-corrected chi connectivity index (χ3v) is 7.95. The Kier molecular flexibility index (Phi) is 5.26. The molecule has 37 heavy (non-hydrogen) atoms. The molecular weight excluding hydrogens is 479 g/mol. The van der Waals surface area contributed by atoms with Gasteiger partial charge in [0, 0.05) is 29.0 Å². The first-order valence-electron chi connectivity index (χ1n) is 12.4. The molecule has 2 atom stereocenters. The van der Waals surface area contributed by atoms with E-state index in [0.29, 0.717) is 54.7 Å². The maximum absolute atomic E-state index is 14.9. The molecule has 9 nitrogen and oxygen atoms in total. The normalized spacial score (nSPS) is 21.3. The van der Waals surface area contributed by atoms with Gasteiger partial charge in [-0.25, -0.2) is 14.2 Å². The van der Waals surface area contributed by atoms with Crippen molar-refractivity contribution in [3.8, 4) is 11.4 Å². The van der Waals surface area contributed by atoms with E-state index in [4.69, 9.17) is 15.5 Å². The number of nitrogens with one attached hydrogen (secondary N) is 1. The van der Waals surface area contributed by atoms with E-state index in [1.807, 2.05) is 0 Å². The lowest BCUT2D eigenvalue weighted by molar-refractivity contribution is -0.169. The van der Waals surface area contributed by atoms with Gasteiger partial charge in [-0.15, -0.1) is 0 Å². The van der Waals surface area contributed by atoms with Crippen LogP contribution in [0.2, 0.25) is 0 Å². The van der Waals surface area contributed by atoms with Crippen molar-refractivity contribution in [2.24, 2.45) is 5.73 Å². The van der Waals surface area contributed by atoms with Crippen LogP contribution in [0.25, 0.3) is 22.3 Å². The number of nitrogens with zero attached hydrogens (tertiary/aromatic N) is 2. The lowest BCUT2D eigenvalue weighted by Crippen LogP contribution is -2.42. The molecule has 4 N–H and O–H groups in total. The third kappa shape index (κ3) is 3.35. The van der Waals surface area contributed by atoms with Crippen LogP contribution < -0.4 is 16.6 Å². The lowest BCUT2D eigenvalue weighted by Gasteiger charge is -2.30. The summed E-state index contributed by atoms with van der Waals surface area (Å²) in [4.78, 5) is 43.3. The maximum atomic E-state index is 14.9. The van der Waals surface area contributed by atoms with Gasteiger partial charge in [0.05, 0.1) is 35.1 Å². The van der Waals surface area contributed by atoms with Gasteiger partial charge in [-0.1, -0.05) is 0 Å². The molecule has 0 saturated carbocycles. The largest absolute Gasteiger partial charge is 0.458 e. The number of hydrogen-bond donors (Lipinski definition) is 3. The average Bonchev–Trinajstić information content (AvgIpc) is 3.23. The molecule has 0 saturated heterocycles. The van der Waals surface area contributed by atoms with Crippen LogP contribution in [-0.4, -0.2) is 33.1 Å². The molecule has 4 heterocycles. The number of halogens is 1. The van der Waals surface area contributed by atoms with E-state index in [1.54, 1.807) is 17.6 Å². The second-order valence-electron chi connectivity index (χ2n) is 10.2. The summed E-state index contributed by atoms with van der Waals surface area (Å²) in [5, 5.41) is 14.8. The van der Waals surface area contributed by atoms with Crippen LogP contribution >= 0.6 is 0 Å². The summed E-state index contributed by atoms with van der Waals surface area (Å²) in [6.45, 7) is 3.43. The summed E-state index contributed by atoms with van der Waals surface area (Å²) in [7, 11) is 0. The van der Waals surface area contributed by atoms with Crippen molar-refractivity contribution < 1.29 is 23.8 Å². The number of benzene rings is 1. The summed E-state index contributed by atoms with van der Waals surface area (Å²) >= 11 is 0. The first kappa shape index (κ1) is 23.7. The summed E-state index contributed by atoms with van der Waals surface area (Å²) in [5.74, 6) is -1.31. The van der Waals surface area contributed by atoms with Gasteiger partial charge in [-0.05, 0) is 62.4 Å². The number of rotatable bonds is 4. The zero-order valence-corrected chi connectivity index (χ0v) is 20.6. The molecule has 0 unspecified atom stereocenters. The number of carbonyl (C=O) groups is 2. The zero-order chi connectivity index (χ0) is 26.2. The van der Waals surface area contributed by atoms with Crippen molar-refractivity contribution in [2.45, 2.75) is 64.3 Å². The summed E-state index contributed by atoms with van der Waals surface area (Å²) in [6.07, 6.45) is 2.03. The van der Waals surface area contributed by atoms with Crippen LogP contribution in [0.4, 0.5) is 4.39 Å². The van der Waals surface area contributed by atoms with E-state index < -0.39 is 11.6 Å². The van der Waals surface area contributed by atoms with E-state index >= 15 is 0 Å².